The van der Waals surface area contributed by atoms with E-state index in [9.17, 15) is 14.7 Å². The zero-order valence-electron chi connectivity index (χ0n) is 11.2. The Bertz CT molecular complexity index is 454. The Kier molecular flexibility index (Phi) is 3.93. The fraction of sp³-hybridized carbons (Fsp3) is 0.571. The van der Waals surface area contributed by atoms with Crippen molar-refractivity contribution >= 4 is 11.9 Å². The van der Waals surface area contributed by atoms with E-state index in [4.69, 9.17) is 4.42 Å². The molecule has 1 fully saturated rings. The van der Waals surface area contributed by atoms with Gasteiger partial charge in [-0.1, -0.05) is 6.92 Å². The molecule has 1 aromatic heterocycles. The molecule has 2 rings (SSSR count). The van der Waals surface area contributed by atoms with Crippen LogP contribution >= 0.6 is 0 Å². The van der Waals surface area contributed by atoms with Crippen LogP contribution in [0.5, 0.6) is 0 Å². The number of carboxylic acid groups (broad SMARTS) is 1. The normalized spacial score (nSPS) is 27.6. The van der Waals surface area contributed by atoms with E-state index in [2.05, 4.69) is 0 Å². The number of rotatable bonds is 4. The quantitative estimate of drug-likeness (QED) is 0.900. The summed E-state index contributed by atoms with van der Waals surface area (Å²) >= 11 is 0. The van der Waals surface area contributed by atoms with Crippen molar-refractivity contribution in [2.75, 3.05) is 6.54 Å². The first-order valence-corrected chi connectivity index (χ1v) is 6.55. The minimum atomic E-state index is -0.824. The van der Waals surface area contributed by atoms with E-state index < -0.39 is 11.9 Å². The number of nitrogens with zero attached hydrogens (tertiary/aromatic N) is 1. The Morgan fingerprint density at radius 3 is 2.84 bits per heavy atom. The molecule has 0 spiro atoms. The van der Waals surface area contributed by atoms with Gasteiger partial charge in [-0.25, -0.2) is 0 Å². The van der Waals surface area contributed by atoms with E-state index in [1.54, 1.807) is 17.2 Å². The summed E-state index contributed by atoms with van der Waals surface area (Å²) in [5, 5.41) is 9.28. The van der Waals surface area contributed by atoms with Crippen molar-refractivity contribution in [2.45, 2.75) is 32.7 Å². The molecule has 19 heavy (non-hydrogen) atoms. The fourth-order valence-corrected chi connectivity index (χ4v) is 2.88. The highest BCUT2D eigenvalue weighted by Gasteiger charge is 2.41. The number of hydrogen-bond acceptors (Lipinski definition) is 3. The van der Waals surface area contributed by atoms with Crippen LogP contribution in [0, 0.1) is 11.8 Å². The predicted octanol–water partition coefficient (Wildman–Crippen LogP) is 1.78. The second-order valence-corrected chi connectivity index (χ2v) is 5.20. The van der Waals surface area contributed by atoms with Crippen LogP contribution in [0.15, 0.2) is 22.8 Å². The number of likely N-dealkylation sites (tertiary alicyclic amines) is 1. The van der Waals surface area contributed by atoms with Crippen molar-refractivity contribution in [2.24, 2.45) is 11.8 Å². The summed E-state index contributed by atoms with van der Waals surface area (Å²) < 4.78 is 5.24. The maximum atomic E-state index is 12.0. The zero-order chi connectivity index (χ0) is 14.0. The highest BCUT2D eigenvalue weighted by molar-refractivity contribution is 5.81. The third kappa shape index (κ3) is 2.80. The Balaban J connectivity index is 2.05. The van der Waals surface area contributed by atoms with Gasteiger partial charge in [-0.05, 0) is 25.0 Å². The first kappa shape index (κ1) is 13.6. The van der Waals surface area contributed by atoms with Gasteiger partial charge >= 0.3 is 5.97 Å². The number of aliphatic carboxylic acids is 1. The Morgan fingerprint density at radius 1 is 1.53 bits per heavy atom. The lowest BCUT2D eigenvalue weighted by molar-refractivity contribution is -0.154. The summed E-state index contributed by atoms with van der Waals surface area (Å²) in [6.45, 7) is 4.15. The Morgan fingerprint density at radius 2 is 2.26 bits per heavy atom. The summed E-state index contributed by atoms with van der Waals surface area (Å²) in [5.74, 6) is -0.584. The molecule has 0 aromatic carbocycles. The molecule has 1 saturated heterocycles. The molecule has 3 atom stereocenters. The van der Waals surface area contributed by atoms with E-state index >= 15 is 0 Å². The van der Waals surface area contributed by atoms with Gasteiger partial charge in [0, 0.05) is 25.4 Å². The maximum absolute atomic E-state index is 12.0. The van der Waals surface area contributed by atoms with Crippen molar-refractivity contribution in [3.05, 3.63) is 24.2 Å². The molecular weight excluding hydrogens is 246 g/mol. The molecule has 5 heteroatoms. The van der Waals surface area contributed by atoms with Crippen LogP contribution in [0.25, 0.3) is 0 Å². The van der Waals surface area contributed by atoms with Crippen molar-refractivity contribution < 1.29 is 19.1 Å². The number of piperidine rings is 1. The van der Waals surface area contributed by atoms with Gasteiger partial charge in [0.25, 0.3) is 0 Å². The highest BCUT2D eigenvalue weighted by Crippen LogP contribution is 2.30. The summed E-state index contributed by atoms with van der Waals surface area (Å²) in [5.41, 5.74) is 0. The SMILES string of the molecule is CC1CC(=O)N(CCc2ccco2)C(C)C1C(=O)O. The van der Waals surface area contributed by atoms with Gasteiger partial charge in [-0.3, -0.25) is 9.59 Å². The van der Waals surface area contributed by atoms with Crippen LogP contribution in [0.1, 0.15) is 26.0 Å². The van der Waals surface area contributed by atoms with Gasteiger partial charge in [-0.2, -0.15) is 0 Å². The number of furan rings is 1. The van der Waals surface area contributed by atoms with Crippen molar-refractivity contribution in [1.29, 1.82) is 0 Å². The molecule has 0 radical (unpaired) electrons. The highest BCUT2D eigenvalue weighted by atomic mass is 16.4. The minimum absolute atomic E-state index is 0.0315. The average Bonchev–Trinajstić information content (AvgIpc) is 2.80. The van der Waals surface area contributed by atoms with Crippen LogP contribution in [-0.2, 0) is 16.0 Å². The topological polar surface area (TPSA) is 70.8 Å². The first-order valence-electron chi connectivity index (χ1n) is 6.55. The molecule has 1 aliphatic rings. The van der Waals surface area contributed by atoms with E-state index in [0.29, 0.717) is 19.4 Å². The lowest BCUT2D eigenvalue weighted by atomic mass is 9.81. The van der Waals surface area contributed by atoms with Gasteiger partial charge in [0.15, 0.2) is 0 Å². The summed E-state index contributed by atoms with van der Waals surface area (Å²) in [7, 11) is 0. The second kappa shape index (κ2) is 5.47. The standard InChI is InChI=1S/C14H19NO4/c1-9-8-12(16)15(10(2)13(9)14(17)18)6-5-11-4-3-7-19-11/h3-4,7,9-10,13H,5-6,8H2,1-2H3,(H,17,18). The van der Waals surface area contributed by atoms with Crippen LogP contribution in [0.3, 0.4) is 0 Å². The molecular formula is C14H19NO4. The molecule has 0 aliphatic carbocycles. The molecule has 2 heterocycles. The molecule has 5 nitrogen and oxygen atoms in total. The number of hydrogen-bond donors (Lipinski definition) is 1. The Labute approximate surface area is 112 Å². The van der Waals surface area contributed by atoms with Crippen LogP contribution in [-0.4, -0.2) is 34.5 Å². The minimum Gasteiger partial charge on any atom is -0.481 e. The molecule has 1 amide bonds. The first-order chi connectivity index (χ1) is 9.00. The van der Waals surface area contributed by atoms with Gasteiger partial charge in [-0.15, -0.1) is 0 Å². The molecule has 3 unspecified atom stereocenters. The third-order valence-corrected chi connectivity index (χ3v) is 3.91. The molecule has 1 aromatic rings. The molecule has 104 valence electrons. The van der Waals surface area contributed by atoms with Crippen molar-refractivity contribution in [1.82, 2.24) is 4.90 Å². The summed E-state index contributed by atoms with van der Waals surface area (Å²) in [6, 6.07) is 3.39. The lowest BCUT2D eigenvalue weighted by Gasteiger charge is -2.40. The predicted molar refractivity (Wildman–Crippen MR) is 68.5 cm³/mol. The van der Waals surface area contributed by atoms with Gasteiger partial charge in [0.05, 0.1) is 12.2 Å². The number of carbonyl (C=O) groups is 2. The maximum Gasteiger partial charge on any atom is 0.308 e. The second-order valence-electron chi connectivity index (χ2n) is 5.20. The zero-order valence-corrected chi connectivity index (χ0v) is 11.2. The summed E-state index contributed by atoms with van der Waals surface area (Å²) in [6.07, 6.45) is 2.52. The van der Waals surface area contributed by atoms with Crippen molar-refractivity contribution in [3.8, 4) is 0 Å². The lowest BCUT2D eigenvalue weighted by Crippen LogP contribution is -2.53. The van der Waals surface area contributed by atoms with Crippen LogP contribution in [0.2, 0.25) is 0 Å². The van der Waals surface area contributed by atoms with E-state index in [1.165, 1.54) is 0 Å². The average molecular weight is 265 g/mol. The Hall–Kier alpha value is -1.78. The number of carbonyl (C=O) groups excluding carboxylic acids is 1. The molecule has 1 N–H and O–H groups in total. The number of carboxylic acids is 1. The van der Waals surface area contributed by atoms with Gasteiger partial charge in [0.2, 0.25) is 5.91 Å². The van der Waals surface area contributed by atoms with E-state index in [-0.39, 0.29) is 17.9 Å². The van der Waals surface area contributed by atoms with Crippen LogP contribution in [0.4, 0.5) is 0 Å². The summed E-state index contributed by atoms with van der Waals surface area (Å²) in [4.78, 5) is 25.0. The smallest absolute Gasteiger partial charge is 0.308 e. The van der Waals surface area contributed by atoms with Crippen LogP contribution < -0.4 is 0 Å². The third-order valence-electron chi connectivity index (χ3n) is 3.91. The molecule has 0 bridgehead atoms. The molecule has 0 saturated carbocycles. The van der Waals surface area contributed by atoms with Crippen molar-refractivity contribution in [3.63, 3.8) is 0 Å². The monoisotopic (exact) mass is 265 g/mol. The molecule has 1 aliphatic heterocycles. The van der Waals surface area contributed by atoms with Gasteiger partial charge in [0.1, 0.15) is 5.76 Å². The number of amides is 1. The van der Waals surface area contributed by atoms with E-state index in [0.717, 1.165) is 5.76 Å². The largest absolute Gasteiger partial charge is 0.481 e. The fourth-order valence-electron chi connectivity index (χ4n) is 2.88. The van der Waals surface area contributed by atoms with E-state index in [1.807, 2.05) is 19.9 Å². The van der Waals surface area contributed by atoms with Gasteiger partial charge < -0.3 is 14.4 Å².